The summed E-state index contributed by atoms with van der Waals surface area (Å²) in [7, 11) is -5.68. The monoisotopic (exact) mass is 467 g/mol. The molecular formula is C19H15F6NO4S. The number of rotatable bonds is 6. The summed E-state index contributed by atoms with van der Waals surface area (Å²) in [5.41, 5.74) is -4.65. The van der Waals surface area contributed by atoms with Crippen LogP contribution in [-0.2, 0) is 20.5 Å². The molecule has 0 fully saturated rings. The molecule has 1 unspecified atom stereocenters. The number of fused-ring (bicyclic) bond motifs is 1. The van der Waals surface area contributed by atoms with Crippen LogP contribution in [0.4, 0.5) is 32.0 Å². The lowest BCUT2D eigenvalue weighted by Gasteiger charge is -2.24. The molecule has 2 aromatic carbocycles. The van der Waals surface area contributed by atoms with E-state index in [4.69, 9.17) is 4.74 Å². The predicted octanol–water partition coefficient (Wildman–Crippen LogP) is 5.13. The average molecular weight is 467 g/mol. The molecule has 0 saturated carbocycles. The lowest BCUT2D eigenvalue weighted by atomic mass is 9.98. The van der Waals surface area contributed by atoms with Crippen molar-refractivity contribution >= 4 is 21.9 Å². The average Bonchev–Trinajstić information content (AvgIpc) is 2.69. The van der Waals surface area contributed by atoms with Crippen LogP contribution in [0.2, 0.25) is 0 Å². The molecule has 0 bridgehead atoms. The van der Waals surface area contributed by atoms with E-state index in [0.29, 0.717) is 16.8 Å². The van der Waals surface area contributed by atoms with Gasteiger partial charge in [-0.15, -0.1) is 0 Å². The minimum absolute atomic E-state index is 0.247. The summed E-state index contributed by atoms with van der Waals surface area (Å²) in [5, 5.41) is 3.01. The van der Waals surface area contributed by atoms with E-state index in [1.807, 2.05) is 0 Å². The first-order valence-electron chi connectivity index (χ1n) is 8.71. The minimum atomic E-state index is -5.68. The lowest BCUT2D eigenvalue weighted by Crippen LogP contribution is -2.27. The van der Waals surface area contributed by atoms with E-state index in [-0.39, 0.29) is 5.75 Å². The van der Waals surface area contributed by atoms with E-state index < -0.39 is 46.6 Å². The Morgan fingerprint density at radius 3 is 2.23 bits per heavy atom. The topological polar surface area (TPSA) is 64.6 Å². The smallest absolute Gasteiger partial charge is 0.491 e. The van der Waals surface area contributed by atoms with E-state index in [1.165, 1.54) is 18.2 Å². The zero-order valence-electron chi connectivity index (χ0n) is 15.5. The molecule has 31 heavy (non-hydrogen) atoms. The summed E-state index contributed by atoms with van der Waals surface area (Å²) in [4.78, 5) is 0. The van der Waals surface area contributed by atoms with Crippen molar-refractivity contribution in [3.05, 3.63) is 65.2 Å². The number of hydrogen-bond acceptors (Lipinski definition) is 5. The standard InChI is InChI=1S/C19H15F6NO4S/c20-18(21,22)14-5-1-13-4-8-16(26-17(13)11-14)12-2-6-15(7-3-12)29-9-10-30-31(27,28)19(23,24)25/h1-8,11,16,26H,9-10H2. The van der Waals surface area contributed by atoms with Crippen LogP contribution >= 0.6 is 0 Å². The summed E-state index contributed by atoms with van der Waals surface area (Å²) in [6, 6.07) is 9.20. The van der Waals surface area contributed by atoms with Crippen LogP contribution in [0, 0.1) is 0 Å². The van der Waals surface area contributed by atoms with Crippen LogP contribution in [-0.4, -0.2) is 27.1 Å². The second-order valence-corrected chi connectivity index (χ2v) is 8.03. The predicted molar refractivity (Wildman–Crippen MR) is 99.7 cm³/mol. The van der Waals surface area contributed by atoms with E-state index >= 15 is 0 Å². The molecule has 2 aromatic rings. The molecule has 5 nitrogen and oxygen atoms in total. The number of alkyl halides is 6. The van der Waals surface area contributed by atoms with E-state index in [2.05, 4.69) is 9.50 Å². The maximum Gasteiger partial charge on any atom is 0.523 e. The molecule has 1 atom stereocenters. The van der Waals surface area contributed by atoms with Gasteiger partial charge in [0.15, 0.2) is 0 Å². The highest BCUT2D eigenvalue weighted by Crippen LogP contribution is 2.36. The molecule has 0 amide bonds. The van der Waals surface area contributed by atoms with Crippen molar-refractivity contribution in [3.63, 3.8) is 0 Å². The van der Waals surface area contributed by atoms with Crippen molar-refractivity contribution in [2.75, 3.05) is 18.5 Å². The number of halogens is 6. The Morgan fingerprint density at radius 1 is 0.935 bits per heavy atom. The van der Waals surface area contributed by atoms with Crippen molar-refractivity contribution in [2.24, 2.45) is 0 Å². The number of hydrogen-bond donors (Lipinski definition) is 1. The van der Waals surface area contributed by atoms with Crippen LogP contribution in [0.15, 0.2) is 48.5 Å². The molecule has 3 rings (SSSR count). The van der Waals surface area contributed by atoms with E-state index in [1.54, 1.807) is 24.3 Å². The maximum absolute atomic E-state index is 12.9. The normalized spacial score (nSPS) is 16.5. The third kappa shape index (κ3) is 5.50. The summed E-state index contributed by atoms with van der Waals surface area (Å²) < 4.78 is 106. The van der Waals surface area contributed by atoms with Crippen LogP contribution < -0.4 is 10.1 Å². The minimum Gasteiger partial charge on any atom is -0.491 e. The van der Waals surface area contributed by atoms with Gasteiger partial charge in [-0.3, -0.25) is 4.18 Å². The van der Waals surface area contributed by atoms with Crippen molar-refractivity contribution in [2.45, 2.75) is 17.7 Å². The molecule has 0 aliphatic carbocycles. The molecule has 0 saturated heterocycles. The number of benzene rings is 2. The molecular weight excluding hydrogens is 452 g/mol. The first-order valence-corrected chi connectivity index (χ1v) is 10.1. The fourth-order valence-electron chi connectivity index (χ4n) is 2.75. The van der Waals surface area contributed by atoms with Crippen molar-refractivity contribution < 1.29 is 43.7 Å². The van der Waals surface area contributed by atoms with Gasteiger partial charge in [-0.2, -0.15) is 34.8 Å². The Bertz CT molecular complexity index is 1060. The van der Waals surface area contributed by atoms with Crippen LogP contribution in [0.5, 0.6) is 5.75 Å². The quantitative estimate of drug-likeness (QED) is 0.276. The zero-order valence-corrected chi connectivity index (χ0v) is 16.3. The van der Waals surface area contributed by atoms with Gasteiger partial charge in [-0.1, -0.05) is 30.4 Å². The summed E-state index contributed by atoms with van der Waals surface area (Å²) in [6.45, 7) is -1.27. The first kappa shape index (κ1) is 22.9. The maximum atomic E-state index is 12.9. The van der Waals surface area contributed by atoms with Gasteiger partial charge >= 0.3 is 21.8 Å². The molecule has 1 aliphatic heterocycles. The summed E-state index contributed by atoms with van der Waals surface area (Å²) >= 11 is 0. The SMILES string of the molecule is O=S(=O)(OCCOc1ccc(C2C=Cc3ccc(C(F)(F)F)cc3N2)cc1)C(F)(F)F. The van der Waals surface area contributed by atoms with Crippen LogP contribution in [0.3, 0.4) is 0 Å². The lowest BCUT2D eigenvalue weighted by molar-refractivity contribution is -0.137. The molecule has 0 spiro atoms. The van der Waals surface area contributed by atoms with Gasteiger partial charge in [0.25, 0.3) is 0 Å². The molecule has 168 valence electrons. The molecule has 0 aromatic heterocycles. The van der Waals surface area contributed by atoms with Gasteiger partial charge in [0.2, 0.25) is 0 Å². The molecule has 12 heteroatoms. The zero-order chi connectivity index (χ0) is 22.9. The number of ether oxygens (including phenoxy) is 1. The Balaban J connectivity index is 1.59. The fraction of sp³-hybridized carbons (Fsp3) is 0.263. The highest BCUT2D eigenvalue weighted by molar-refractivity contribution is 7.87. The molecule has 0 radical (unpaired) electrons. The van der Waals surface area contributed by atoms with Crippen LogP contribution in [0.1, 0.15) is 22.7 Å². The van der Waals surface area contributed by atoms with Crippen molar-refractivity contribution in [3.8, 4) is 5.75 Å². The molecule has 1 N–H and O–H groups in total. The van der Waals surface area contributed by atoms with Gasteiger partial charge in [0.1, 0.15) is 19.0 Å². The largest absolute Gasteiger partial charge is 0.523 e. The van der Waals surface area contributed by atoms with Gasteiger partial charge in [0.05, 0.1) is 11.6 Å². The summed E-state index contributed by atoms with van der Waals surface area (Å²) in [5.74, 6) is 0.247. The number of nitrogens with one attached hydrogen (secondary N) is 1. The third-order valence-corrected chi connectivity index (χ3v) is 5.32. The van der Waals surface area contributed by atoms with Crippen molar-refractivity contribution in [1.82, 2.24) is 0 Å². The number of anilines is 1. The highest BCUT2D eigenvalue weighted by Gasteiger charge is 2.47. The van der Waals surface area contributed by atoms with Crippen molar-refractivity contribution in [1.29, 1.82) is 0 Å². The Labute approximate surface area is 173 Å². The first-order chi connectivity index (χ1) is 14.4. The second-order valence-electron chi connectivity index (χ2n) is 6.42. The van der Waals surface area contributed by atoms with Gasteiger partial charge < -0.3 is 10.1 Å². The molecule has 1 heterocycles. The van der Waals surface area contributed by atoms with E-state index in [9.17, 15) is 34.8 Å². The van der Waals surface area contributed by atoms with Gasteiger partial charge in [-0.05, 0) is 35.4 Å². The van der Waals surface area contributed by atoms with Crippen LogP contribution in [0.25, 0.3) is 6.08 Å². The van der Waals surface area contributed by atoms with Gasteiger partial charge in [0, 0.05) is 5.69 Å². The van der Waals surface area contributed by atoms with Gasteiger partial charge in [-0.25, -0.2) is 0 Å². The summed E-state index contributed by atoms with van der Waals surface area (Å²) in [6.07, 6.45) is -1.00. The Morgan fingerprint density at radius 2 is 1.61 bits per heavy atom. The Hall–Kier alpha value is -2.73. The van der Waals surface area contributed by atoms with E-state index in [0.717, 1.165) is 12.1 Å². The highest BCUT2D eigenvalue weighted by atomic mass is 32.2. The third-order valence-electron chi connectivity index (χ3n) is 4.27. The Kier molecular flexibility index (Phi) is 6.23. The second kappa shape index (κ2) is 8.42. The molecule has 1 aliphatic rings. The fourth-order valence-corrected chi connectivity index (χ4v) is 3.18.